The van der Waals surface area contributed by atoms with E-state index >= 15 is 0 Å². The topological polar surface area (TPSA) is 57.4 Å². The van der Waals surface area contributed by atoms with E-state index in [1.807, 2.05) is 6.92 Å². The van der Waals surface area contributed by atoms with Crippen LogP contribution in [0.15, 0.2) is 84.9 Å². The van der Waals surface area contributed by atoms with Gasteiger partial charge in [0, 0.05) is 27.5 Å². The van der Waals surface area contributed by atoms with Gasteiger partial charge in [-0.05, 0) is 51.7 Å². The van der Waals surface area contributed by atoms with Crippen LogP contribution in [0.5, 0.6) is 0 Å². The molecular formula is C34H26N4. The van der Waals surface area contributed by atoms with Gasteiger partial charge in [0.2, 0.25) is 0 Å². The van der Waals surface area contributed by atoms with Gasteiger partial charge < -0.3 is 9.97 Å². The van der Waals surface area contributed by atoms with Crippen LogP contribution < -0.4 is 0 Å². The fourth-order valence-electron chi connectivity index (χ4n) is 6.11. The van der Waals surface area contributed by atoms with Crippen molar-refractivity contribution in [1.29, 1.82) is 0 Å². The number of imidazole rings is 2. The van der Waals surface area contributed by atoms with Gasteiger partial charge in [-0.3, -0.25) is 0 Å². The van der Waals surface area contributed by atoms with Crippen molar-refractivity contribution in [2.24, 2.45) is 0 Å². The quantitative estimate of drug-likeness (QED) is 0.237. The third kappa shape index (κ3) is 2.91. The molecule has 0 bridgehead atoms. The Labute approximate surface area is 219 Å². The lowest BCUT2D eigenvalue weighted by molar-refractivity contribution is 0.799. The average molecular weight is 491 g/mol. The van der Waals surface area contributed by atoms with Gasteiger partial charge in [-0.2, -0.15) is 0 Å². The molecule has 2 heterocycles. The first-order valence-electron chi connectivity index (χ1n) is 13.2. The first-order chi connectivity index (χ1) is 18.6. The second-order valence-electron chi connectivity index (χ2n) is 10.7. The Balaban J connectivity index is 1.42. The molecule has 6 aromatic carbocycles. The summed E-state index contributed by atoms with van der Waals surface area (Å²) in [6.07, 6.45) is 0. The molecule has 8 rings (SSSR count). The van der Waals surface area contributed by atoms with E-state index in [9.17, 15) is 0 Å². The predicted molar refractivity (Wildman–Crippen MR) is 160 cm³/mol. The Bertz CT molecular complexity index is 2230. The van der Waals surface area contributed by atoms with E-state index in [1.54, 1.807) is 0 Å². The van der Waals surface area contributed by atoms with Crippen molar-refractivity contribution in [3.8, 4) is 11.1 Å². The Hall–Kier alpha value is -4.70. The van der Waals surface area contributed by atoms with Crippen LogP contribution >= 0.6 is 0 Å². The van der Waals surface area contributed by atoms with Crippen molar-refractivity contribution in [1.82, 2.24) is 19.9 Å². The van der Waals surface area contributed by atoms with E-state index in [4.69, 9.17) is 9.97 Å². The maximum atomic E-state index is 5.00. The SMILES string of the molecule is Cc1nc2c3ccccc3c3cc(-c4ccc5c(c4)c4ccccc4c4nc(C(C)C)[nH]c54)ccc3c2[nH]1. The van der Waals surface area contributed by atoms with Gasteiger partial charge in [-0.15, -0.1) is 0 Å². The highest BCUT2D eigenvalue weighted by atomic mass is 14.9. The van der Waals surface area contributed by atoms with E-state index in [-0.39, 0.29) is 0 Å². The summed E-state index contributed by atoms with van der Waals surface area (Å²) >= 11 is 0. The van der Waals surface area contributed by atoms with Crippen molar-refractivity contribution in [3.63, 3.8) is 0 Å². The van der Waals surface area contributed by atoms with Crippen molar-refractivity contribution in [2.45, 2.75) is 26.7 Å². The summed E-state index contributed by atoms with van der Waals surface area (Å²) in [7, 11) is 0. The summed E-state index contributed by atoms with van der Waals surface area (Å²) in [4.78, 5) is 16.9. The normalized spacial score (nSPS) is 12.3. The van der Waals surface area contributed by atoms with Crippen LogP contribution in [0.2, 0.25) is 0 Å². The Kier molecular flexibility index (Phi) is 4.31. The molecule has 0 fully saturated rings. The maximum Gasteiger partial charge on any atom is 0.109 e. The second-order valence-corrected chi connectivity index (χ2v) is 10.7. The number of rotatable bonds is 2. The molecule has 0 aliphatic heterocycles. The van der Waals surface area contributed by atoms with Gasteiger partial charge in [0.15, 0.2) is 0 Å². The number of hydrogen-bond donors (Lipinski definition) is 2. The standard InChI is InChI=1S/C34H26N4/c1-18(2)34-37-32-25-11-7-5-9-23(25)29-17-21(13-15-27(29)33(32)38-34)20-12-14-26-28(16-20)22-8-4-6-10-24(22)30-31(26)36-19(3)35-30/h4-18H,1-3H3,(H,35,36)(H,37,38). The van der Waals surface area contributed by atoms with E-state index in [1.165, 1.54) is 54.2 Å². The van der Waals surface area contributed by atoms with E-state index in [2.05, 4.69) is 109 Å². The largest absolute Gasteiger partial charge is 0.342 e. The van der Waals surface area contributed by atoms with Crippen LogP contribution in [-0.4, -0.2) is 19.9 Å². The zero-order valence-corrected chi connectivity index (χ0v) is 21.6. The van der Waals surface area contributed by atoms with Crippen LogP contribution in [-0.2, 0) is 0 Å². The first-order valence-corrected chi connectivity index (χ1v) is 13.2. The lowest BCUT2D eigenvalue weighted by Gasteiger charge is -2.11. The van der Waals surface area contributed by atoms with Crippen molar-refractivity contribution in [2.75, 3.05) is 0 Å². The molecule has 8 aromatic rings. The molecule has 0 atom stereocenters. The molecule has 0 saturated heterocycles. The third-order valence-electron chi connectivity index (χ3n) is 7.95. The molecule has 0 aliphatic rings. The van der Waals surface area contributed by atoms with Gasteiger partial charge >= 0.3 is 0 Å². The number of H-pyrrole nitrogens is 2. The van der Waals surface area contributed by atoms with Crippen molar-refractivity contribution in [3.05, 3.63) is 96.6 Å². The van der Waals surface area contributed by atoms with Crippen LogP contribution in [0.25, 0.3) is 76.3 Å². The molecule has 0 aliphatic carbocycles. The van der Waals surface area contributed by atoms with Gasteiger partial charge in [0.1, 0.15) is 11.6 Å². The fourth-order valence-corrected chi connectivity index (χ4v) is 6.11. The molecule has 2 aromatic heterocycles. The van der Waals surface area contributed by atoms with Gasteiger partial charge in [-0.1, -0.05) is 86.6 Å². The van der Waals surface area contributed by atoms with Crippen LogP contribution in [0.4, 0.5) is 0 Å². The highest BCUT2D eigenvalue weighted by molar-refractivity contribution is 6.25. The molecule has 4 nitrogen and oxygen atoms in total. The van der Waals surface area contributed by atoms with Crippen molar-refractivity contribution >= 4 is 65.2 Å². The first kappa shape index (κ1) is 21.4. The number of aromatic amines is 2. The minimum Gasteiger partial charge on any atom is -0.342 e. The van der Waals surface area contributed by atoms with E-state index in [0.29, 0.717) is 5.92 Å². The van der Waals surface area contributed by atoms with Gasteiger partial charge in [-0.25, -0.2) is 9.97 Å². The Morgan fingerprint density at radius 1 is 0.526 bits per heavy atom. The molecule has 0 saturated carbocycles. The molecule has 0 spiro atoms. The Morgan fingerprint density at radius 2 is 1.03 bits per heavy atom. The predicted octanol–water partition coefficient (Wildman–Crippen LogP) is 9.15. The number of nitrogens with one attached hydrogen (secondary N) is 2. The molecule has 0 unspecified atom stereocenters. The summed E-state index contributed by atoms with van der Waals surface area (Å²) < 4.78 is 0. The summed E-state index contributed by atoms with van der Waals surface area (Å²) in [6, 6.07) is 30.9. The molecule has 2 N–H and O–H groups in total. The number of aryl methyl sites for hydroxylation is 1. The Morgan fingerprint density at radius 3 is 1.58 bits per heavy atom. The zero-order valence-electron chi connectivity index (χ0n) is 21.6. The van der Waals surface area contributed by atoms with Crippen molar-refractivity contribution < 1.29 is 0 Å². The van der Waals surface area contributed by atoms with Crippen LogP contribution in [0.1, 0.15) is 31.4 Å². The van der Waals surface area contributed by atoms with Crippen LogP contribution in [0, 0.1) is 6.92 Å². The van der Waals surface area contributed by atoms with Gasteiger partial charge in [0.25, 0.3) is 0 Å². The minimum absolute atomic E-state index is 0.341. The molecule has 4 heteroatoms. The second kappa shape index (κ2) is 7.65. The third-order valence-corrected chi connectivity index (χ3v) is 7.95. The average Bonchev–Trinajstić information content (AvgIpc) is 3.58. The van der Waals surface area contributed by atoms with Crippen LogP contribution in [0.3, 0.4) is 0 Å². The van der Waals surface area contributed by atoms with E-state index < -0.39 is 0 Å². The molecule has 38 heavy (non-hydrogen) atoms. The summed E-state index contributed by atoms with van der Waals surface area (Å²) in [6.45, 7) is 6.39. The lowest BCUT2D eigenvalue weighted by atomic mass is 9.93. The maximum absolute atomic E-state index is 5.00. The summed E-state index contributed by atoms with van der Waals surface area (Å²) in [5.74, 6) is 2.31. The minimum atomic E-state index is 0.341. The zero-order chi connectivity index (χ0) is 25.5. The smallest absolute Gasteiger partial charge is 0.109 e. The highest BCUT2D eigenvalue weighted by Crippen LogP contribution is 2.39. The monoisotopic (exact) mass is 490 g/mol. The summed E-state index contributed by atoms with van der Waals surface area (Å²) in [5.41, 5.74) is 6.74. The number of fused-ring (bicyclic) bond motifs is 12. The number of benzene rings is 6. The molecule has 0 amide bonds. The number of aromatic nitrogens is 4. The fraction of sp³-hybridized carbons (Fsp3) is 0.118. The van der Waals surface area contributed by atoms with Gasteiger partial charge in [0.05, 0.1) is 22.1 Å². The molecule has 0 radical (unpaired) electrons. The number of nitrogens with zero attached hydrogens (tertiary/aromatic N) is 2. The lowest BCUT2D eigenvalue weighted by Crippen LogP contribution is -1.88. The molecular weight excluding hydrogens is 464 g/mol. The summed E-state index contributed by atoms with van der Waals surface area (Å²) in [5, 5.41) is 9.74. The number of hydrogen-bond acceptors (Lipinski definition) is 2. The van der Waals surface area contributed by atoms with E-state index in [0.717, 1.165) is 33.7 Å². The highest BCUT2D eigenvalue weighted by Gasteiger charge is 2.16. The molecule has 182 valence electrons.